The largest absolute Gasteiger partial charge is 0.351 e. The van der Waals surface area contributed by atoms with E-state index in [1.165, 1.54) is 16.1 Å². The number of nitrogens with one attached hydrogen (secondary N) is 1. The number of piperidine rings is 1. The number of aromatic nitrogens is 2. The summed E-state index contributed by atoms with van der Waals surface area (Å²) in [4.78, 5) is 16.2. The zero-order chi connectivity index (χ0) is 17.4. The van der Waals surface area contributed by atoms with Crippen molar-refractivity contribution in [2.75, 3.05) is 13.1 Å². The number of amides is 1. The molecule has 2 aromatic heterocycles. The number of hydrogen-bond donors (Lipinski definition) is 1. The van der Waals surface area contributed by atoms with Gasteiger partial charge in [-0.2, -0.15) is 5.10 Å². The quantitative estimate of drug-likeness (QED) is 0.894. The highest BCUT2D eigenvalue weighted by Gasteiger charge is 2.58. The number of nitrogens with zero attached hydrogens (tertiary/aromatic N) is 3. The van der Waals surface area contributed by atoms with Crippen molar-refractivity contribution in [1.82, 2.24) is 20.0 Å². The van der Waals surface area contributed by atoms with Gasteiger partial charge in [0.1, 0.15) is 0 Å². The van der Waals surface area contributed by atoms with Gasteiger partial charge in [-0.3, -0.25) is 14.4 Å². The Balaban J connectivity index is 1.26. The van der Waals surface area contributed by atoms with Crippen LogP contribution < -0.4 is 5.32 Å². The summed E-state index contributed by atoms with van der Waals surface area (Å²) in [5.41, 5.74) is 2.84. The van der Waals surface area contributed by atoms with Crippen LogP contribution in [0.4, 0.5) is 0 Å². The smallest absolute Gasteiger partial charge is 0.223 e. The van der Waals surface area contributed by atoms with Gasteiger partial charge >= 0.3 is 0 Å². The van der Waals surface area contributed by atoms with E-state index in [2.05, 4.69) is 33.7 Å². The van der Waals surface area contributed by atoms with Gasteiger partial charge < -0.3 is 5.32 Å². The van der Waals surface area contributed by atoms with E-state index in [1.54, 1.807) is 11.3 Å². The fourth-order valence-corrected chi connectivity index (χ4v) is 4.72. The first-order valence-corrected chi connectivity index (χ1v) is 9.95. The van der Waals surface area contributed by atoms with Gasteiger partial charge in [0, 0.05) is 35.6 Å². The summed E-state index contributed by atoms with van der Waals surface area (Å²) in [6.07, 6.45) is 5.34. The van der Waals surface area contributed by atoms with Crippen molar-refractivity contribution in [3.05, 3.63) is 39.8 Å². The molecule has 1 atom stereocenters. The average molecular weight is 359 g/mol. The fraction of sp³-hybridized carbons (Fsp3) is 0.579. The van der Waals surface area contributed by atoms with E-state index >= 15 is 0 Å². The molecule has 0 radical (unpaired) electrons. The van der Waals surface area contributed by atoms with Crippen LogP contribution in [0.2, 0.25) is 0 Å². The summed E-state index contributed by atoms with van der Waals surface area (Å²) >= 11 is 1.70. The average Bonchev–Trinajstić information content (AvgIpc) is 2.94. The van der Waals surface area contributed by atoms with Crippen LogP contribution in [0.25, 0.3) is 0 Å². The monoisotopic (exact) mass is 358 g/mol. The molecule has 1 saturated carbocycles. The highest BCUT2D eigenvalue weighted by molar-refractivity contribution is 7.09. The minimum Gasteiger partial charge on any atom is -0.351 e. The van der Waals surface area contributed by atoms with Crippen molar-refractivity contribution in [1.29, 1.82) is 0 Å². The number of carbonyl (C=O) groups is 1. The number of rotatable bonds is 5. The molecule has 4 rings (SSSR count). The lowest BCUT2D eigenvalue weighted by Crippen LogP contribution is -2.36. The fourth-order valence-electron chi connectivity index (χ4n) is 4.08. The van der Waals surface area contributed by atoms with Crippen LogP contribution in [0.1, 0.15) is 35.4 Å². The Morgan fingerprint density at radius 1 is 1.44 bits per heavy atom. The third kappa shape index (κ3) is 3.37. The van der Waals surface area contributed by atoms with Crippen LogP contribution in [0.3, 0.4) is 0 Å². The molecule has 0 aromatic carbocycles. The molecule has 3 heterocycles. The number of hydrogen-bond acceptors (Lipinski definition) is 4. The normalized spacial score (nSPS) is 22.2. The summed E-state index contributed by atoms with van der Waals surface area (Å²) in [7, 11) is 1.99. The molecule has 1 aliphatic carbocycles. The van der Waals surface area contributed by atoms with Crippen molar-refractivity contribution in [2.45, 2.75) is 39.3 Å². The molecular weight excluding hydrogens is 332 g/mol. The maximum absolute atomic E-state index is 12.5. The van der Waals surface area contributed by atoms with Gasteiger partial charge in [-0.1, -0.05) is 6.07 Å². The van der Waals surface area contributed by atoms with Gasteiger partial charge in [-0.15, -0.1) is 11.3 Å². The SMILES string of the molecule is Cc1c(CN2CCC3(CC2)CC3C(=O)NCc2cccs2)cnn1C. The van der Waals surface area contributed by atoms with E-state index in [0.29, 0.717) is 6.54 Å². The van der Waals surface area contributed by atoms with Crippen LogP contribution in [0, 0.1) is 18.3 Å². The number of likely N-dealkylation sites (tertiary alicyclic amines) is 1. The van der Waals surface area contributed by atoms with E-state index in [9.17, 15) is 4.79 Å². The molecule has 1 aliphatic heterocycles. The van der Waals surface area contributed by atoms with Crippen LogP contribution in [-0.2, 0) is 24.9 Å². The Bertz CT molecular complexity index is 744. The number of carbonyl (C=O) groups excluding carboxylic acids is 1. The lowest BCUT2D eigenvalue weighted by molar-refractivity contribution is -0.123. The Morgan fingerprint density at radius 3 is 2.88 bits per heavy atom. The van der Waals surface area contributed by atoms with E-state index in [-0.39, 0.29) is 17.2 Å². The molecule has 1 unspecified atom stereocenters. The third-order valence-electron chi connectivity index (χ3n) is 6.11. The van der Waals surface area contributed by atoms with Gasteiger partial charge in [0.2, 0.25) is 5.91 Å². The Morgan fingerprint density at radius 2 is 2.24 bits per heavy atom. The van der Waals surface area contributed by atoms with Crippen LogP contribution in [0.15, 0.2) is 23.7 Å². The molecule has 25 heavy (non-hydrogen) atoms. The summed E-state index contributed by atoms with van der Waals surface area (Å²) in [6, 6.07) is 4.11. The topological polar surface area (TPSA) is 50.2 Å². The zero-order valence-electron chi connectivity index (χ0n) is 15.0. The molecule has 2 fully saturated rings. The predicted octanol–water partition coefficient (Wildman–Crippen LogP) is 2.71. The molecule has 134 valence electrons. The Labute approximate surface area is 153 Å². The Hall–Kier alpha value is -1.66. The van der Waals surface area contributed by atoms with Gasteiger partial charge in [0.05, 0.1) is 12.7 Å². The third-order valence-corrected chi connectivity index (χ3v) is 6.98. The number of aryl methyl sites for hydroxylation is 1. The maximum Gasteiger partial charge on any atom is 0.223 e. The highest BCUT2D eigenvalue weighted by atomic mass is 32.1. The Kier molecular flexibility index (Phi) is 4.41. The standard InChI is InChI=1S/C19H26N4OS/c1-14-15(11-21-22(14)2)13-23-7-5-19(6-8-23)10-17(19)18(24)20-12-16-4-3-9-25-16/h3-4,9,11,17H,5-8,10,12-13H2,1-2H3,(H,20,24). The van der Waals surface area contributed by atoms with E-state index in [4.69, 9.17) is 0 Å². The van der Waals surface area contributed by atoms with Gasteiger partial charge in [-0.05, 0) is 56.1 Å². The second kappa shape index (κ2) is 6.57. The summed E-state index contributed by atoms with van der Waals surface area (Å²) < 4.78 is 1.94. The second-order valence-electron chi connectivity index (χ2n) is 7.57. The lowest BCUT2D eigenvalue weighted by atomic mass is 9.90. The minimum absolute atomic E-state index is 0.231. The van der Waals surface area contributed by atoms with Gasteiger partial charge in [0.15, 0.2) is 0 Å². The first-order valence-electron chi connectivity index (χ1n) is 9.07. The molecule has 1 saturated heterocycles. The van der Waals surface area contributed by atoms with Gasteiger partial charge in [-0.25, -0.2) is 0 Å². The molecule has 0 bridgehead atoms. The summed E-state index contributed by atoms with van der Waals surface area (Å²) in [5.74, 6) is 0.486. The van der Waals surface area contributed by atoms with Crippen molar-refractivity contribution in [2.24, 2.45) is 18.4 Å². The minimum atomic E-state index is 0.231. The van der Waals surface area contributed by atoms with E-state index in [1.807, 2.05) is 24.0 Å². The molecule has 1 amide bonds. The molecule has 5 nitrogen and oxygen atoms in total. The predicted molar refractivity (Wildman–Crippen MR) is 99.2 cm³/mol. The van der Waals surface area contributed by atoms with Crippen LogP contribution in [0.5, 0.6) is 0 Å². The molecule has 2 aliphatic rings. The van der Waals surface area contributed by atoms with Crippen molar-refractivity contribution >= 4 is 17.2 Å². The summed E-state index contributed by atoms with van der Waals surface area (Å²) in [5, 5.41) is 9.52. The van der Waals surface area contributed by atoms with Gasteiger partial charge in [0.25, 0.3) is 0 Å². The number of thiophene rings is 1. The molecular formula is C19H26N4OS. The van der Waals surface area contributed by atoms with E-state index < -0.39 is 0 Å². The van der Waals surface area contributed by atoms with Crippen LogP contribution in [-0.4, -0.2) is 33.7 Å². The molecule has 1 spiro atoms. The van der Waals surface area contributed by atoms with E-state index in [0.717, 1.165) is 38.9 Å². The first-order chi connectivity index (χ1) is 12.1. The molecule has 6 heteroatoms. The summed E-state index contributed by atoms with van der Waals surface area (Å²) in [6.45, 7) is 5.95. The first kappa shape index (κ1) is 16.8. The lowest BCUT2D eigenvalue weighted by Gasteiger charge is -2.32. The second-order valence-corrected chi connectivity index (χ2v) is 8.60. The molecule has 2 aromatic rings. The highest BCUT2D eigenvalue weighted by Crippen LogP contribution is 2.59. The van der Waals surface area contributed by atoms with Crippen molar-refractivity contribution < 1.29 is 4.79 Å². The van der Waals surface area contributed by atoms with Crippen molar-refractivity contribution in [3.63, 3.8) is 0 Å². The maximum atomic E-state index is 12.5. The zero-order valence-corrected chi connectivity index (χ0v) is 15.8. The molecule has 1 N–H and O–H groups in total. The van der Waals surface area contributed by atoms with Crippen molar-refractivity contribution in [3.8, 4) is 0 Å². The van der Waals surface area contributed by atoms with Crippen LogP contribution >= 0.6 is 11.3 Å².